The highest BCUT2D eigenvalue weighted by Crippen LogP contribution is 2.31. The molecular weight excluding hydrogens is 326 g/mol. The van der Waals surface area contributed by atoms with E-state index >= 15 is 0 Å². The Morgan fingerprint density at radius 3 is 1.69 bits per heavy atom. The van der Waals surface area contributed by atoms with Gasteiger partial charge in [-0.1, -0.05) is 36.5 Å². The fraction of sp³-hybridized carbons (Fsp3) is 0.0952. The zero-order chi connectivity index (χ0) is 17.3. The number of pyridine rings is 1. The summed E-state index contributed by atoms with van der Waals surface area (Å²) in [6, 6.07) is 1.93. The van der Waals surface area contributed by atoms with Gasteiger partial charge in [-0.15, -0.1) is 0 Å². The van der Waals surface area contributed by atoms with Gasteiger partial charge in [0.25, 0.3) is 0 Å². The van der Waals surface area contributed by atoms with Gasteiger partial charge < -0.3 is 8.83 Å². The molecule has 126 valence electrons. The molecule has 0 bridgehead atoms. The molecule has 2 aliphatic carbocycles. The maximum absolute atomic E-state index is 5.90. The van der Waals surface area contributed by atoms with Gasteiger partial charge in [0.05, 0.1) is 23.5 Å². The third kappa shape index (κ3) is 2.63. The number of hydrogen-bond acceptors (Lipinski definition) is 5. The summed E-state index contributed by atoms with van der Waals surface area (Å²) in [5.74, 6) is 2.65. The molecule has 26 heavy (non-hydrogen) atoms. The summed E-state index contributed by atoms with van der Waals surface area (Å²) in [6.07, 6.45) is 21.0. The van der Waals surface area contributed by atoms with Gasteiger partial charge in [0.1, 0.15) is 0 Å². The van der Waals surface area contributed by atoms with Gasteiger partial charge in [-0.3, -0.25) is 4.98 Å². The highest BCUT2D eigenvalue weighted by molar-refractivity contribution is 5.70. The van der Waals surface area contributed by atoms with Crippen LogP contribution in [0.25, 0.3) is 34.1 Å². The van der Waals surface area contributed by atoms with Gasteiger partial charge >= 0.3 is 0 Å². The van der Waals surface area contributed by atoms with E-state index in [2.05, 4.69) is 27.1 Å². The van der Waals surface area contributed by atoms with Gasteiger partial charge in [0, 0.05) is 23.5 Å². The maximum Gasteiger partial charge on any atom is 0.228 e. The second kappa shape index (κ2) is 6.11. The number of hydrogen-bond donors (Lipinski definition) is 0. The van der Waals surface area contributed by atoms with Gasteiger partial charge in [-0.2, -0.15) is 0 Å². The first-order valence-corrected chi connectivity index (χ1v) is 8.46. The average Bonchev–Trinajstić information content (AvgIpc) is 3.49. The fourth-order valence-electron chi connectivity index (χ4n) is 3.05. The molecule has 0 amide bonds. The van der Waals surface area contributed by atoms with E-state index < -0.39 is 0 Å². The summed E-state index contributed by atoms with van der Waals surface area (Å²) >= 11 is 0. The summed E-state index contributed by atoms with van der Waals surface area (Å²) in [7, 11) is 0. The second-order valence-electron chi connectivity index (χ2n) is 6.17. The smallest absolute Gasteiger partial charge is 0.228 e. The third-order valence-electron chi connectivity index (χ3n) is 4.42. The molecule has 3 heterocycles. The average molecular weight is 341 g/mol. The highest BCUT2D eigenvalue weighted by Gasteiger charge is 2.15. The van der Waals surface area contributed by atoms with E-state index in [0.29, 0.717) is 11.8 Å². The van der Waals surface area contributed by atoms with Crippen molar-refractivity contribution in [1.29, 1.82) is 0 Å². The lowest BCUT2D eigenvalue weighted by Crippen LogP contribution is -1.84. The molecule has 5 heteroatoms. The quantitative estimate of drug-likeness (QED) is 0.662. The Morgan fingerprint density at radius 2 is 1.23 bits per heavy atom. The van der Waals surface area contributed by atoms with Crippen LogP contribution in [0.15, 0.2) is 76.1 Å². The summed E-state index contributed by atoms with van der Waals surface area (Å²) in [4.78, 5) is 13.1. The largest absolute Gasteiger partial charge is 0.436 e. The first-order chi connectivity index (χ1) is 12.9. The number of aromatic nitrogens is 3. The van der Waals surface area contributed by atoms with Crippen LogP contribution < -0.4 is 0 Å². The molecule has 0 fully saturated rings. The zero-order valence-corrected chi connectivity index (χ0v) is 13.9. The molecular formula is C21H15N3O2. The predicted molar refractivity (Wildman–Crippen MR) is 98.7 cm³/mol. The van der Waals surface area contributed by atoms with Crippen LogP contribution in [0.3, 0.4) is 0 Å². The molecule has 0 saturated heterocycles. The van der Waals surface area contributed by atoms with Crippen LogP contribution in [0.4, 0.5) is 0 Å². The van der Waals surface area contributed by atoms with Crippen molar-refractivity contribution in [2.45, 2.75) is 12.8 Å². The molecule has 5 rings (SSSR count). The van der Waals surface area contributed by atoms with E-state index in [1.165, 1.54) is 0 Å². The summed E-state index contributed by atoms with van der Waals surface area (Å²) in [5, 5.41) is 0. The molecule has 5 nitrogen and oxygen atoms in total. The van der Waals surface area contributed by atoms with Crippen LogP contribution in [0.1, 0.15) is 24.4 Å². The molecule has 0 spiro atoms. The Kier molecular flexibility index (Phi) is 3.49. The third-order valence-corrected chi connectivity index (χ3v) is 4.42. The maximum atomic E-state index is 5.90. The molecule has 0 N–H and O–H groups in total. The molecule has 2 aliphatic rings. The Labute approximate surface area is 150 Å². The lowest BCUT2D eigenvalue weighted by atomic mass is 10.2. The van der Waals surface area contributed by atoms with Gasteiger partial charge in [-0.25, -0.2) is 9.97 Å². The van der Waals surface area contributed by atoms with Gasteiger partial charge in [0.15, 0.2) is 11.5 Å². The van der Waals surface area contributed by atoms with E-state index in [4.69, 9.17) is 8.83 Å². The molecule has 0 aromatic carbocycles. The minimum absolute atomic E-state index is 0.539. The summed E-state index contributed by atoms with van der Waals surface area (Å²) in [5.41, 5.74) is 3.84. The van der Waals surface area contributed by atoms with Gasteiger partial charge in [0.2, 0.25) is 11.8 Å². The Balaban J connectivity index is 1.44. The minimum atomic E-state index is 0.539. The van der Waals surface area contributed by atoms with Crippen molar-refractivity contribution in [3.63, 3.8) is 0 Å². The SMILES string of the molecule is C1=CCC(c2cnc(-c3cncc(-c4ncc(C5=CC=CC5)o4)c3)o2)=C1. The van der Waals surface area contributed by atoms with Crippen LogP contribution in [-0.2, 0) is 0 Å². The number of allylic oxidation sites excluding steroid dienone is 8. The van der Waals surface area contributed by atoms with E-state index in [1.807, 2.05) is 30.4 Å². The first kappa shape index (κ1) is 14.8. The van der Waals surface area contributed by atoms with Gasteiger partial charge in [-0.05, 0) is 18.9 Å². The standard InChI is InChI=1S/C21H15N3O2/c1-2-6-14(5-1)18-12-23-20(25-18)16-9-17(11-22-10-16)21-24-13-19(26-21)15-7-3-4-8-15/h1-5,7,9-13H,6,8H2. The van der Waals surface area contributed by atoms with E-state index in [9.17, 15) is 0 Å². The molecule has 0 radical (unpaired) electrons. The van der Waals surface area contributed by atoms with Crippen molar-refractivity contribution in [2.75, 3.05) is 0 Å². The van der Waals surface area contributed by atoms with Crippen LogP contribution in [0, 0.1) is 0 Å². The number of oxazole rings is 2. The Bertz CT molecular complexity index is 1010. The first-order valence-electron chi connectivity index (χ1n) is 8.46. The minimum Gasteiger partial charge on any atom is -0.436 e. The lowest BCUT2D eigenvalue weighted by Gasteiger charge is -2.00. The predicted octanol–water partition coefficient (Wildman–Crippen LogP) is 5.08. The molecule has 3 aromatic heterocycles. The monoisotopic (exact) mass is 341 g/mol. The molecule has 0 aliphatic heterocycles. The van der Waals surface area contributed by atoms with Crippen LogP contribution in [0.5, 0.6) is 0 Å². The normalized spacial score (nSPS) is 15.5. The molecule has 3 aromatic rings. The Hall–Kier alpha value is -3.47. The zero-order valence-electron chi connectivity index (χ0n) is 13.9. The fourth-order valence-corrected chi connectivity index (χ4v) is 3.05. The van der Waals surface area contributed by atoms with Crippen LogP contribution in [-0.4, -0.2) is 15.0 Å². The summed E-state index contributed by atoms with van der Waals surface area (Å²) < 4.78 is 11.8. The van der Waals surface area contributed by atoms with Crippen molar-refractivity contribution in [2.24, 2.45) is 0 Å². The van der Waals surface area contributed by atoms with E-state index in [0.717, 1.165) is 46.6 Å². The van der Waals surface area contributed by atoms with Crippen LogP contribution >= 0.6 is 0 Å². The summed E-state index contributed by atoms with van der Waals surface area (Å²) in [6.45, 7) is 0. The van der Waals surface area contributed by atoms with E-state index in [1.54, 1.807) is 24.8 Å². The molecule has 0 unspecified atom stereocenters. The number of rotatable bonds is 4. The van der Waals surface area contributed by atoms with E-state index in [-0.39, 0.29) is 0 Å². The highest BCUT2D eigenvalue weighted by atomic mass is 16.4. The van der Waals surface area contributed by atoms with Crippen molar-refractivity contribution in [3.8, 4) is 22.9 Å². The number of nitrogens with zero attached hydrogens (tertiary/aromatic N) is 3. The lowest BCUT2D eigenvalue weighted by molar-refractivity contribution is 0.557. The molecule has 0 atom stereocenters. The van der Waals surface area contributed by atoms with Crippen molar-refractivity contribution < 1.29 is 8.83 Å². The molecule has 0 saturated carbocycles. The van der Waals surface area contributed by atoms with Crippen molar-refractivity contribution >= 4 is 11.1 Å². The topological polar surface area (TPSA) is 65.0 Å². The van der Waals surface area contributed by atoms with Crippen molar-refractivity contribution in [3.05, 3.63) is 78.8 Å². The van der Waals surface area contributed by atoms with Crippen molar-refractivity contribution in [1.82, 2.24) is 15.0 Å². The Morgan fingerprint density at radius 1 is 0.692 bits per heavy atom. The second-order valence-corrected chi connectivity index (χ2v) is 6.17. The van der Waals surface area contributed by atoms with Crippen LogP contribution in [0.2, 0.25) is 0 Å².